The molecule has 1 aliphatic heterocycles. The number of aliphatic imine (C=N–C) groups is 1. The summed E-state index contributed by atoms with van der Waals surface area (Å²) in [5.74, 6) is 0.867. The fraction of sp³-hybridized carbons (Fsp3) is 0.800. The number of nitrogens with one attached hydrogen (secondary N) is 2. The minimum atomic E-state index is -0.159. The van der Waals surface area contributed by atoms with Crippen molar-refractivity contribution in [3.63, 3.8) is 0 Å². The highest BCUT2D eigenvalue weighted by atomic mass is 16.2. The van der Waals surface area contributed by atoms with E-state index >= 15 is 0 Å². The summed E-state index contributed by atoms with van der Waals surface area (Å²) in [6, 6.07) is -0.159. The first-order chi connectivity index (χ1) is 6.36. The number of hydrogen-bond acceptors (Lipinski definition) is 2. The van der Waals surface area contributed by atoms with Crippen molar-refractivity contribution >= 4 is 11.9 Å². The summed E-state index contributed by atoms with van der Waals surface area (Å²) in [5.41, 5.74) is 0.109. The van der Waals surface area contributed by atoms with Gasteiger partial charge in [-0.15, -0.1) is 0 Å². The van der Waals surface area contributed by atoms with E-state index in [9.17, 15) is 4.79 Å². The summed E-state index contributed by atoms with van der Waals surface area (Å²) >= 11 is 0. The van der Waals surface area contributed by atoms with E-state index < -0.39 is 0 Å². The van der Waals surface area contributed by atoms with Crippen LogP contribution in [-0.4, -0.2) is 25.0 Å². The zero-order valence-corrected chi connectivity index (χ0v) is 9.51. The lowest BCUT2D eigenvalue weighted by Crippen LogP contribution is -2.41. The van der Waals surface area contributed by atoms with Gasteiger partial charge in [0, 0.05) is 7.05 Å². The molecule has 14 heavy (non-hydrogen) atoms. The minimum Gasteiger partial charge on any atom is -0.344 e. The van der Waals surface area contributed by atoms with E-state index in [2.05, 4.69) is 43.3 Å². The Morgan fingerprint density at radius 2 is 2.00 bits per heavy atom. The van der Waals surface area contributed by atoms with Gasteiger partial charge in [-0.25, -0.2) is 0 Å². The van der Waals surface area contributed by atoms with Crippen molar-refractivity contribution in [2.45, 2.75) is 33.7 Å². The Balaban J connectivity index is 2.76. The van der Waals surface area contributed by atoms with E-state index in [0.717, 1.165) is 0 Å². The topological polar surface area (TPSA) is 53.5 Å². The van der Waals surface area contributed by atoms with Crippen LogP contribution in [0, 0.1) is 11.3 Å². The van der Waals surface area contributed by atoms with Gasteiger partial charge in [0.15, 0.2) is 5.96 Å². The first-order valence-corrected chi connectivity index (χ1v) is 4.90. The molecule has 0 saturated carbocycles. The zero-order chi connectivity index (χ0) is 10.9. The number of amides is 1. The Kier molecular flexibility index (Phi) is 2.83. The maximum Gasteiger partial charge on any atom is 0.249 e. The number of hydrogen-bond donors (Lipinski definition) is 2. The SMILES string of the molecule is CN=C1NC(=O)C(C(C)C(C)(C)C)N1. The molecule has 4 nitrogen and oxygen atoms in total. The maximum atomic E-state index is 11.6. The summed E-state index contributed by atoms with van der Waals surface area (Å²) in [7, 11) is 1.66. The van der Waals surface area contributed by atoms with Crippen molar-refractivity contribution in [2.24, 2.45) is 16.3 Å². The molecule has 1 rings (SSSR count). The predicted molar refractivity (Wildman–Crippen MR) is 57.0 cm³/mol. The fourth-order valence-electron chi connectivity index (χ4n) is 1.42. The second-order valence-corrected chi connectivity index (χ2v) is 4.84. The number of nitrogens with zero attached hydrogens (tertiary/aromatic N) is 1. The molecular formula is C10H19N3O. The molecule has 2 unspecified atom stereocenters. The van der Waals surface area contributed by atoms with Crippen LogP contribution < -0.4 is 10.6 Å². The van der Waals surface area contributed by atoms with Gasteiger partial charge in [0.1, 0.15) is 6.04 Å². The van der Waals surface area contributed by atoms with E-state index in [0.29, 0.717) is 5.96 Å². The van der Waals surface area contributed by atoms with Gasteiger partial charge in [0.2, 0.25) is 5.91 Å². The van der Waals surface area contributed by atoms with Gasteiger partial charge >= 0.3 is 0 Å². The second kappa shape index (κ2) is 3.59. The third-order valence-electron chi connectivity index (χ3n) is 2.91. The molecule has 1 saturated heterocycles. The number of carbonyl (C=O) groups excluding carboxylic acids is 1. The highest BCUT2D eigenvalue weighted by Crippen LogP contribution is 2.29. The first kappa shape index (κ1) is 11.0. The van der Waals surface area contributed by atoms with Crippen molar-refractivity contribution in [3.05, 3.63) is 0 Å². The molecule has 2 N–H and O–H groups in total. The van der Waals surface area contributed by atoms with Gasteiger partial charge in [-0.1, -0.05) is 27.7 Å². The fourth-order valence-corrected chi connectivity index (χ4v) is 1.42. The van der Waals surface area contributed by atoms with Crippen LogP contribution >= 0.6 is 0 Å². The number of carbonyl (C=O) groups is 1. The molecule has 0 bridgehead atoms. The molecule has 1 heterocycles. The van der Waals surface area contributed by atoms with Crippen molar-refractivity contribution in [1.82, 2.24) is 10.6 Å². The lowest BCUT2D eigenvalue weighted by molar-refractivity contribution is -0.122. The molecule has 0 aromatic heterocycles. The summed E-state index contributed by atoms with van der Waals surface area (Å²) in [5, 5.41) is 5.79. The Hall–Kier alpha value is -1.06. The molecule has 0 spiro atoms. The van der Waals surface area contributed by atoms with Crippen LogP contribution in [0.2, 0.25) is 0 Å². The van der Waals surface area contributed by atoms with Gasteiger partial charge in [0.25, 0.3) is 0 Å². The Labute approximate surface area is 85.2 Å². The average molecular weight is 197 g/mol. The number of guanidine groups is 1. The minimum absolute atomic E-state index is 0.0213. The third kappa shape index (κ3) is 2.05. The predicted octanol–water partition coefficient (Wildman–Crippen LogP) is 0.742. The van der Waals surface area contributed by atoms with Crippen LogP contribution in [-0.2, 0) is 4.79 Å². The highest BCUT2D eigenvalue weighted by molar-refractivity contribution is 6.06. The molecule has 4 heteroatoms. The summed E-state index contributed by atoms with van der Waals surface area (Å²) in [4.78, 5) is 15.5. The van der Waals surface area contributed by atoms with Crippen LogP contribution in [0.15, 0.2) is 4.99 Å². The van der Waals surface area contributed by atoms with Crippen LogP contribution in [0.25, 0.3) is 0 Å². The molecule has 0 aromatic carbocycles. The van der Waals surface area contributed by atoms with E-state index in [1.807, 2.05) is 0 Å². The zero-order valence-electron chi connectivity index (χ0n) is 9.51. The van der Waals surface area contributed by atoms with Crippen LogP contribution in [0.1, 0.15) is 27.7 Å². The summed E-state index contributed by atoms with van der Waals surface area (Å²) < 4.78 is 0. The standard InChI is InChI=1S/C10H19N3O/c1-6(10(2,3)4)7-8(14)13-9(11-5)12-7/h6-7H,1-5H3,(H2,11,12,13,14). The lowest BCUT2D eigenvalue weighted by Gasteiger charge is -2.30. The van der Waals surface area contributed by atoms with Gasteiger partial charge in [0.05, 0.1) is 0 Å². The van der Waals surface area contributed by atoms with Gasteiger partial charge in [-0.3, -0.25) is 15.1 Å². The normalized spacial score (nSPS) is 27.4. The largest absolute Gasteiger partial charge is 0.344 e. The third-order valence-corrected chi connectivity index (χ3v) is 2.91. The van der Waals surface area contributed by atoms with Crippen molar-refractivity contribution in [3.8, 4) is 0 Å². The molecular weight excluding hydrogens is 178 g/mol. The second-order valence-electron chi connectivity index (χ2n) is 4.84. The summed E-state index contributed by atoms with van der Waals surface area (Å²) in [6.45, 7) is 8.48. The van der Waals surface area contributed by atoms with Gasteiger partial charge in [-0.05, 0) is 11.3 Å². The molecule has 0 radical (unpaired) electrons. The molecule has 1 aliphatic rings. The Morgan fingerprint density at radius 1 is 1.43 bits per heavy atom. The number of rotatable bonds is 1. The molecule has 80 valence electrons. The maximum absolute atomic E-state index is 11.6. The molecule has 2 atom stereocenters. The first-order valence-electron chi connectivity index (χ1n) is 4.90. The van der Waals surface area contributed by atoms with Gasteiger partial charge in [-0.2, -0.15) is 0 Å². The molecule has 0 aromatic rings. The lowest BCUT2D eigenvalue weighted by atomic mass is 9.77. The van der Waals surface area contributed by atoms with Crippen molar-refractivity contribution in [2.75, 3.05) is 7.05 Å². The van der Waals surface area contributed by atoms with E-state index in [1.165, 1.54) is 0 Å². The van der Waals surface area contributed by atoms with Crippen molar-refractivity contribution in [1.29, 1.82) is 0 Å². The van der Waals surface area contributed by atoms with E-state index in [4.69, 9.17) is 0 Å². The smallest absolute Gasteiger partial charge is 0.249 e. The van der Waals surface area contributed by atoms with Crippen LogP contribution in [0.4, 0.5) is 0 Å². The highest BCUT2D eigenvalue weighted by Gasteiger charge is 2.37. The van der Waals surface area contributed by atoms with E-state index in [-0.39, 0.29) is 23.3 Å². The Bertz CT molecular complexity index is 265. The average Bonchev–Trinajstić information content (AvgIpc) is 2.43. The van der Waals surface area contributed by atoms with Crippen molar-refractivity contribution < 1.29 is 4.79 Å². The van der Waals surface area contributed by atoms with Crippen LogP contribution in [0.3, 0.4) is 0 Å². The monoisotopic (exact) mass is 197 g/mol. The molecule has 1 amide bonds. The quantitative estimate of drug-likeness (QED) is 0.651. The molecule has 1 fully saturated rings. The summed E-state index contributed by atoms with van der Waals surface area (Å²) in [6.07, 6.45) is 0. The van der Waals surface area contributed by atoms with Crippen LogP contribution in [0.5, 0.6) is 0 Å². The van der Waals surface area contributed by atoms with Gasteiger partial charge < -0.3 is 5.32 Å². The molecule has 0 aliphatic carbocycles. The van der Waals surface area contributed by atoms with E-state index in [1.54, 1.807) is 7.05 Å². The Morgan fingerprint density at radius 3 is 2.36 bits per heavy atom.